The van der Waals surface area contributed by atoms with E-state index in [0.29, 0.717) is 18.6 Å². The first kappa shape index (κ1) is 21.0. The largest absolute Gasteiger partial charge is 0.333 e. The molecule has 0 aromatic heterocycles. The van der Waals surface area contributed by atoms with Gasteiger partial charge in [-0.15, -0.1) is 0 Å². The monoisotopic (exact) mass is 443 g/mol. The van der Waals surface area contributed by atoms with Gasteiger partial charge in [0.25, 0.3) is 10.0 Å². The van der Waals surface area contributed by atoms with Crippen molar-refractivity contribution < 1.29 is 13.2 Å². The van der Waals surface area contributed by atoms with Gasteiger partial charge in [0.15, 0.2) is 0 Å². The van der Waals surface area contributed by atoms with Gasteiger partial charge in [0.2, 0.25) is 0 Å². The molecule has 7 heteroatoms. The standard InChI is InChI=1S/C24H33N3O3S/c28-24(25-23-21-12-1-6-17(21)16-18-7-2-13-22(18)23)26-31(29,30)15-5-14-27(19-8-3-9-19)20-10-4-11-20/h5,15-16,19-20H,1-4,6-14H2,(H2,25,26,28)/b15-5+. The lowest BCUT2D eigenvalue weighted by Gasteiger charge is -2.45. The zero-order chi connectivity index (χ0) is 21.4. The summed E-state index contributed by atoms with van der Waals surface area (Å²) in [6.45, 7) is 0.636. The number of carbonyl (C=O) groups is 1. The number of nitrogens with zero attached hydrogens (tertiary/aromatic N) is 1. The molecular weight excluding hydrogens is 410 g/mol. The maximum absolute atomic E-state index is 12.6. The summed E-state index contributed by atoms with van der Waals surface area (Å²) in [6, 6.07) is 2.82. The van der Waals surface area contributed by atoms with E-state index in [9.17, 15) is 13.2 Å². The molecule has 0 saturated heterocycles. The number of aryl methyl sites for hydroxylation is 2. The van der Waals surface area contributed by atoms with Crippen molar-refractivity contribution in [2.24, 2.45) is 0 Å². The normalized spacial score (nSPS) is 21.1. The van der Waals surface area contributed by atoms with Gasteiger partial charge >= 0.3 is 6.03 Å². The van der Waals surface area contributed by atoms with Crippen molar-refractivity contribution in [3.05, 3.63) is 39.8 Å². The van der Waals surface area contributed by atoms with Crippen molar-refractivity contribution >= 4 is 21.7 Å². The Balaban J connectivity index is 1.23. The van der Waals surface area contributed by atoms with Crippen molar-refractivity contribution in [1.29, 1.82) is 0 Å². The average Bonchev–Trinajstić information content (AvgIpc) is 3.26. The van der Waals surface area contributed by atoms with Crippen LogP contribution >= 0.6 is 0 Å². The fourth-order valence-corrected chi connectivity index (χ4v) is 6.31. The lowest BCUT2D eigenvalue weighted by atomic mass is 9.84. The van der Waals surface area contributed by atoms with E-state index in [-0.39, 0.29) is 0 Å². The number of anilines is 1. The summed E-state index contributed by atoms with van der Waals surface area (Å²) in [4.78, 5) is 15.1. The number of fused-ring (bicyclic) bond motifs is 2. The third kappa shape index (κ3) is 4.40. The Labute approximate surface area is 185 Å². The lowest BCUT2D eigenvalue weighted by molar-refractivity contribution is 0.0521. The predicted octanol–water partition coefficient (Wildman–Crippen LogP) is 4.04. The van der Waals surface area contributed by atoms with Gasteiger partial charge in [-0.3, -0.25) is 4.90 Å². The summed E-state index contributed by atoms with van der Waals surface area (Å²) in [5.74, 6) is 0. The number of nitrogens with one attached hydrogen (secondary N) is 2. The molecule has 0 radical (unpaired) electrons. The molecule has 6 nitrogen and oxygen atoms in total. The maximum atomic E-state index is 12.6. The molecule has 5 rings (SSSR count). The molecule has 4 aliphatic rings. The average molecular weight is 444 g/mol. The highest BCUT2D eigenvalue weighted by molar-refractivity contribution is 7.92. The molecular formula is C24H33N3O3S. The third-order valence-electron chi connectivity index (χ3n) is 7.63. The molecule has 0 bridgehead atoms. The van der Waals surface area contributed by atoms with Gasteiger partial charge in [-0.1, -0.05) is 25.0 Å². The van der Waals surface area contributed by atoms with E-state index < -0.39 is 16.1 Å². The topological polar surface area (TPSA) is 78.5 Å². The first-order chi connectivity index (χ1) is 15.0. The number of hydrogen-bond acceptors (Lipinski definition) is 4. The van der Waals surface area contributed by atoms with E-state index in [4.69, 9.17) is 0 Å². The number of amides is 2. The Hall–Kier alpha value is -1.86. The number of carbonyl (C=O) groups excluding carboxylic acids is 1. The van der Waals surface area contributed by atoms with Crippen molar-refractivity contribution in [2.45, 2.75) is 89.1 Å². The van der Waals surface area contributed by atoms with Gasteiger partial charge in [-0.05, 0) is 86.5 Å². The summed E-state index contributed by atoms with van der Waals surface area (Å²) in [7, 11) is -3.82. The second kappa shape index (κ2) is 8.58. The fourth-order valence-electron chi connectivity index (χ4n) is 5.59. The zero-order valence-electron chi connectivity index (χ0n) is 18.2. The van der Waals surface area contributed by atoms with Gasteiger partial charge in [-0.2, -0.15) is 0 Å². The van der Waals surface area contributed by atoms with Crippen LogP contribution in [0.3, 0.4) is 0 Å². The number of sulfonamides is 1. The Morgan fingerprint density at radius 2 is 1.52 bits per heavy atom. The predicted molar refractivity (Wildman–Crippen MR) is 123 cm³/mol. The Morgan fingerprint density at radius 1 is 0.935 bits per heavy atom. The quantitative estimate of drug-likeness (QED) is 0.667. The van der Waals surface area contributed by atoms with Crippen molar-refractivity contribution in [1.82, 2.24) is 9.62 Å². The summed E-state index contributed by atoms with van der Waals surface area (Å²) in [5, 5.41) is 4.06. The van der Waals surface area contributed by atoms with Crippen molar-refractivity contribution in [3.63, 3.8) is 0 Å². The molecule has 0 spiro atoms. The van der Waals surface area contributed by atoms with Crippen LogP contribution in [0.15, 0.2) is 17.6 Å². The Kier molecular flexibility index (Phi) is 5.82. The molecule has 2 amide bonds. The molecule has 1 aromatic rings. The van der Waals surface area contributed by atoms with Crippen molar-refractivity contribution in [2.75, 3.05) is 11.9 Å². The second-order valence-corrected chi connectivity index (χ2v) is 11.1. The SMILES string of the molecule is O=C(Nc1c2c(cc3c1CCC3)CCC2)NS(=O)(=O)/C=C/CN(C1CCC1)C1CCC1. The van der Waals surface area contributed by atoms with Gasteiger partial charge in [0.05, 0.1) is 0 Å². The van der Waals surface area contributed by atoms with Gasteiger partial charge in [0, 0.05) is 29.7 Å². The van der Waals surface area contributed by atoms with Crippen LogP contribution < -0.4 is 10.0 Å². The van der Waals surface area contributed by atoms with Crippen LogP contribution in [0.5, 0.6) is 0 Å². The number of benzene rings is 1. The van der Waals surface area contributed by atoms with Gasteiger partial charge in [-0.25, -0.2) is 17.9 Å². The fraction of sp³-hybridized carbons (Fsp3) is 0.625. The van der Waals surface area contributed by atoms with E-state index in [1.54, 1.807) is 6.08 Å². The first-order valence-electron chi connectivity index (χ1n) is 11.9. The Bertz CT molecular complexity index is 948. The Morgan fingerprint density at radius 3 is 2.03 bits per heavy atom. The van der Waals surface area contributed by atoms with Crippen LogP contribution in [-0.2, 0) is 35.7 Å². The summed E-state index contributed by atoms with van der Waals surface area (Å²) >= 11 is 0. The minimum absolute atomic E-state index is 0.594. The maximum Gasteiger partial charge on any atom is 0.333 e. The highest BCUT2D eigenvalue weighted by atomic mass is 32.2. The number of rotatable bonds is 7. The van der Waals surface area contributed by atoms with Crippen LogP contribution in [0.2, 0.25) is 0 Å². The number of hydrogen-bond donors (Lipinski definition) is 2. The molecule has 0 unspecified atom stereocenters. The zero-order valence-corrected chi connectivity index (χ0v) is 19.0. The van der Waals surface area contributed by atoms with Crippen LogP contribution in [-0.4, -0.2) is 38.0 Å². The molecule has 0 aliphatic heterocycles. The molecule has 168 valence electrons. The van der Waals surface area contributed by atoms with E-state index >= 15 is 0 Å². The second-order valence-electron chi connectivity index (χ2n) is 9.57. The molecule has 0 heterocycles. The van der Waals surface area contributed by atoms with E-state index in [2.05, 4.69) is 21.0 Å². The van der Waals surface area contributed by atoms with Gasteiger partial charge in [0.1, 0.15) is 0 Å². The van der Waals surface area contributed by atoms with Crippen molar-refractivity contribution in [3.8, 4) is 0 Å². The highest BCUT2D eigenvalue weighted by Crippen LogP contribution is 2.38. The summed E-state index contributed by atoms with van der Waals surface area (Å²) in [6.07, 6.45) is 15.2. The first-order valence-corrected chi connectivity index (χ1v) is 13.5. The summed E-state index contributed by atoms with van der Waals surface area (Å²) in [5.41, 5.74) is 5.87. The molecule has 4 aliphatic carbocycles. The molecule has 1 aromatic carbocycles. The van der Waals surface area contributed by atoms with E-state index in [0.717, 1.165) is 49.6 Å². The van der Waals surface area contributed by atoms with E-state index in [1.165, 1.54) is 60.8 Å². The van der Waals surface area contributed by atoms with Crippen LogP contribution in [0.1, 0.15) is 73.6 Å². The molecule has 2 fully saturated rings. The highest BCUT2D eigenvalue weighted by Gasteiger charge is 2.33. The summed E-state index contributed by atoms with van der Waals surface area (Å²) < 4.78 is 27.2. The molecule has 0 atom stereocenters. The van der Waals surface area contributed by atoms with Crippen LogP contribution in [0.4, 0.5) is 10.5 Å². The minimum atomic E-state index is -3.82. The minimum Gasteiger partial charge on any atom is -0.307 e. The number of urea groups is 1. The van der Waals surface area contributed by atoms with Crippen LogP contribution in [0, 0.1) is 0 Å². The van der Waals surface area contributed by atoms with Gasteiger partial charge < -0.3 is 5.32 Å². The molecule has 31 heavy (non-hydrogen) atoms. The lowest BCUT2D eigenvalue weighted by Crippen LogP contribution is -2.49. The smallest absolute Gasteiger partial charge is 0.307 e. The van der Waals surface area contributed by atoms with E-state index in [1.807, 2.05) is 0 Å². The third-order valence-corrected chi connectivity index (χ3v) is 8.65. The molecule has 2 saturated carbocycles. The van der Waals surface area contributed by atoms with Crippen LogP contribution in [0.25, 0.3) is 0 Å². The molecule has 2 N–H and O–H groups in total.